The average molecular weight is 462 g/mol. The van der Waals surface area contributed by atoms with Crippen molar-refractivity contribution in [3.05, 3.63) is 54.8 Å². The number of anilines is 1. The molecule has 4 rings (SSSR count). The molecule has 0 radical (unpaired) electrons. The van der Waals surface area contributed by atoms with Crippen LogP contribution in [0.3, 0.4) is 0 Å². The van der Waals surface area contributed by atoms with Crippen molar-refractivity contribution < 1.29 is 4.79 Å². The first-order valence-corrected chi connectivity index (χ1v) is 10.8. The van der Waals surface area contributed by atoms with Crippen molar-refractivity contribution >= 4 is 49.5 Å². The second-order valence-corrected chi connectivity index (χ2v) is 9.39. The second kappa shape index (κ2) is 7.56. The van der Waals surface area contributed by atoms with Crippen molar-refractivity contribution in [2.45, 2.75) is 19.5 Å². The fourth-order valence-corrected chi connectivity index (χ4v) is 5.90. The van der Waals surface area contributed by atoms with Gasteiger partial charge >= 0.3 is 0 Å². The molecule has 0 fully saturated rings. The zero-order chi connectivity index (χ0) is 19.0. The summed E-state index contributed by atoms with van der Waals surface area (Å²) < 4.78 is 2.70. The van der Waals surface area contributed by atoms with E-state index in [1.165, 1.54) is 22.4 Å². The van der Waals surface area contributed by atoms with E-state index in [2.05, 4.69) is 48.8 Å². The van der Waals surface area contributed by atoms with Crippen LogP contribution >= 0.6 is 38.6 Å². The van der Waals surface area contributed by atoms with Gasteiger partial charge in [-0.25, -0.2) is 0 Å². The molecule has 1 amide bonds. The normalized spacial score (nSPS) is 14.0. The van der Waals surface area contributed by atoms with Gasteiger partial charge in [0.2, 0.25) is 0 Å². The lowest BCUT2D eigenvalue weighted by molar-refractivity contribution is 0.102. The molecule has 0 aliphatic carbocycles. The van der Waals surface area contributed by atoms with Gasteiger partial charge in [0.1, 0.15) is 11.1 Å². The number of hydrogen-bond acceptors (Lipinski definition) is 6. The van der Waals surface area contributed by atoms with Crippen LogP contribution < -0.4 is 5.32 Å². The van der Waals surface area contributed by atoms with Crippen LogP contribution in [-0.2, 0) is 26.6 Å². The summed E-state index contributed by atoms with van der Waals surface area (Å²) in [5.41, 5.74) is 2.16. The summed E-state index contributed by atoms with van der Waals surface area (Å²) in [7, 11) is 1.77. The van der Waals surface area contributed by atoms with E-state index >= 15 is 0 Å². The highest BCUT2D eigenvalue weighted by atomic mass is 79.9. The maximum absolute atomic E-state index is 12.4. The fourth-order valence-electron chi connectivity index (χ4n) is 3.17. The molecule has 0 unspecified atom stereocenters. The zero-order valence-electron chi connectivity index (χ0n) is 14.5. The van der Waals surface area contributed by atoms with Gasteiger partial charge in [-0.15, -0.1) is 22.7 Å². The maximum atomic E-state index is 12.4. The quantitative estimate of drug-likeness (QED) is 0.637. The molecule has 0 saturated heterocycles. The number of nitrogens with one attached hydrogen (secondary N) is 1. The van der Waals surface area contributed by atoms with Gasteiger partial charge in [-0.2, -0.15) is 10.4 Å². The van der Waals surface area contributed by atoms with Crippen LogP contribution in [0.1, 0.15) is 31.2 Å². The Hall–Kier alpha value is -1.99. The number of fused-ring (bicyclic) bond motifs is 1. The first kappa shape index (κ1) is 18.4. The Morgan fingerprint density at radius 3 is 3.04 bits per heavy atom. The van der Waals surface area contributed by atoms with Crippen molar-refractivity contribution in [2.24, 2.45) is 7.05 Å². The number of carbonyl (C=O) groups is 1. The molecule has 0 bridgehead atoms. The largest absolute Gasteiger partial charge is 0.312 e. The van der Waals surface area contributed by atoms with Gasteiger partial charge in [0.05, 0.1) is 17.3 Å². The van der Waals surface area contributed by atoms with Crippen LogP contribution in [0, 0.1) is 11.3 Å². The number of aryl methyl sites for hydroxylation is 1. The van der Waals surface area contributed by atoms with E-state index in [0.717, 1.165) is 41.0 Å². The summed E-state index contributed by atoms with van der Waals surface area (Å²) in [6.07, 6.45) is 4.01. The molecule has 138 valence electrons. The van der Waals surface area contributed by atoms with E-state index in [1.807, 2.05) is 0 Å². The van der Waals surface area contributed by atoms with E-state index in [1.54, 1.807) is 29.3 Å². The van der Waals surface area contributed by atoms with Crippen molar-refractivity contribution in [1.29, 1.82) is 5.26 Å². The van der Waals surface area contributed by atoms with Gasteiger partial charge < -0.3 is 5.32 Å². The number of halogens is 1. The van der Waals surface area contributed by atoms with Crippen LogP contribution in [0.25, 0.3) is 0 Å². The Balaban J connectivity index is 1.52. The third-order valence-electron chi connectivity index (χ3n) is 4.44. The van der Waals surface area contributed by atoms with Crippen LogP contribution in [0.2, 0.25) is 0 Å². The average Bonchev–Trinajstić information content (AvgIpc) is 3.33. The van der Waals surface area contributed by atoms with Crippen molar-refractivity contribution in [2.75, 3.05) is 11.9 Å². The van der Waals surface area contributed by atoms with Gasteiger partial charge in [0.25, 0.3) is 5.91 Å². The molecule has 1 aliphatic rings. The third kappa shape index (κ3) is 3.84. The van der Waals surface area contributed by atoms with Crippen molar-refractivity contribution in [1.82, 2.24) is 14.7 Å². The molecular weight excluding hydrogens is 446 g/mol. The van der Waals surface area contributed by atoms with Crippen molar-refractivity contribution in [3.63, 3.8) is 0 Å². The summed E-state index contributed by atoms with van der Waals surface area (Å²) in [6, 6.07) is 4.43. The number of aromatic nitrogens is 2. The monoisotopic (exact) mass is 461 g/mol. The Morgan fingerprint density at radius 2 is 2.37 bits per heavy atom. The van der Waals surface area contributed by atoms with Crippen molar-refractivity contribution in [3.8, 4) is 6.07 Å². The molecule has 3 aromatic heterocycles. The molecule has 1 N–H and O–H groups in total. The number of nitriles is 1. The van der Waals surface area contributed by atoms with Gasteiger partial charge in [0.15, 0.2) is 0 Å². The third-order valence-corrected chi connectivity index (χ3v) is 7.26. The van der Waals surface area contributed by atoms with E-state index in [4.69, 9.17) is 0 Å². The number of rotatable bonds is 4. The van der Waals surface area contributed by atoms with E-state index in [-0.39, 0.29) is 5.91 Å². The number of hydrogen-bond donors (Lipinski definition) is 1. The fraction of sp³-hybridized carbons (Fsp3) is 0.278. The number of amides is 1. The highest BCUT2D eigenvalue weighted by Gasteiger charge is 2.26. The van der Waals surface area contributed by atoms with Crippen LogP contribution in [0.5, 0.6) is 0 Å². The lowest BCUT2D eigenvalue weighted by atomic mass is 10.0. The molecule has 3 aromatic rings. The molecule has 1 aliphatic heterocycles. The Morgan fingerprint density at radius 1 is 1.52 bits per heavy atom. The van der Waals surface area contributed by atoms with E-state index in [0.29, 0.717) is 16.1 Å². The van der Waals surface area contributed by atoms with Crippen LogP contribution in [0.15, 0.2) is 28.3 Å². The molecule has 27 heavy (non-hydrogen) atoms. The standard InChI is InChI=1S/C18H16BrN5OS2/c1-23-7-11(6-21-23)17(25)22-18-15(5-20)14-2-3-24(9-16(14)27-18)8-13-4-12(19)10-26-13/h4,6-7,10H,2-3,8-9H2,1H3,(H,22,25). The summed E-state index contributed by atoms with van der Waals surface area (Å²) in [4.78, 5) is 17.3. The number of carbonyl (C=O) groups excluding carboxylic acids is 1. The van der Waals surface area contributed by atoms with Gasteiger partial charge in [-0.05, 0) is 34.0 Å². The predicted octanol–water partition coefficient (Wildman–Crippen LogP) is 3.99. The number of thiophene rings is 2. The summed E-state index contributed by atoms with van der Waals surface area (Å²) in [6.45, 7) is 2.60. The minimum absolute atomic E-state index is 0.238. The smallest absolute Gasteiger partial charge is 0.259 e. The van der Waals surface area contributed by atoms with E-state index in [9.17, 15) is 10.1 Å². The molecule has 0 saturated carbocycles. The van der Waals surface area contributed by atoms with Crippen LogP contribution in [-0.4, -0.2) is 27.1 Å². The maximum Gasteiger partial charge on any atom is 0.259 e. The summed E-state index contributed by atoms with van der Waals surface area (Å²) in [5.74, 6) is -0.238. The zero-order valence-corrected chi connectivity index (χ0v) is 17.7. The summed E-state index contributed by atoms with van der Waals surface area (Å²) in [5, 5.41) is 19.3. The molecular formula is C18H16BrN5OS2. The molecule has 9 heteroatoms. The van der Waals surface area contributed by atoms with Gasteiger partial charge in [-0.3, -0.25) is 14.4 Å². The lowest BCUT2D eigenvalue weighted by Crippen LogP contribution is -2.29. The van der Waals surface area contributed by atoms with Crippen LogP contribution in [0.4, 0.5) is 5.00 Å². The van der Waals surface area contributed by atoms with E-state index < -0.39 is 0 Å². The topological polar surface area (TPSA) is 74.0 Å². The first-order chi connectivity index (χ1) is 13.0. The van der Waals surface area contributed by atoms with Gasteiger partial charge in [-0.1, -0.05) is 0 Å². The Labute approximate surface area is 173 Å². The predicted molar refractivity (Wildman–Crippen MR) is 110 cm³/mol. The highest BCUT2D eigenvalue weighted by Crippen LogP contribution is 2.37. The molecule has 0 spiro atoms. The second-order valence-electron chi connectivity index (χ2n) is 6.37. The first-order valence-electron chi connectivity index (χ1n) is 8.33. The van der Waals surface area contributed by atoms with Gasteiger partial charge in [0, 0.05) is 52.5 Å². The molecule has 4 heterocycles. The Kier molecular flexibility index (Phi) is 5.14. The minimum Gasteiger partial charge on any atom is -0.312 e. The SMILES string of the molecule is Cn1cc(C(=O)Nc2sc3c(c2C#N)CCN(Cc2cc(Br)cs2)C3)cn1. The highest BCUT2D eigenvalue weighted by molar-refractivity contribution is 9.10. The minimum atomic E-state index is -0.238. The lowest BCUT2D eigenvalue weighted by Gasteiger charge is -2.26. The Bertz CT molecular complexity index is 1040. The number of nitrogens with zero attached hydrogens (tertiary/aromatic N) is 4. The molecule has 6 nitrogen and oxygen atoms in total. The molecule has 0 aromatic carbocycles. The summed E-state index contributed by atoms with van der Waals surface area (Å²) >= 11 is 6.75. The molecule has 0 atom stereocenters.